The lowest BCUT2D eigenvalue weighted by molar-refractivity contribution is -0.136. The topological polar surface area (TPSA) is 105 Å². The van der Waals surface area contributed by atoms with Gasteiger partial charge < -0.3 is 16.0 Å². The lowest BCUT2D eigenvalue weighted by atomic mass is 10.0. The summed E-state index contributed by atoms with van der Waals surface area (Å²) in [4.78, 5) is 37.8. The molecule has 0 spiro atoms. The zero-order valence-electron chi connectivity index (χ0n) is 15.9. The van der Waals surface area contributed by atoms with Gasteiger partial charge in [-0.15, -0.1) is 0 Å². The van der Waals surface area contributed by atoms with Crippen LogP contribution in [0.25, 0.3) is 0 Å². The third kappa shape index (κ3) is 3.06. The number of hydrogen-bond donors (Lipinski definition) is 3. The van der Waals surface area contributed by atoms with Gasteiger partial charge in [-0.3, -0.25) is 19.7 Å². The SMILES string of the molecule is [2H][C@]1(N2Cc3c(NCc4cccc(N)c4F)cccc3C2=O)CCC(=O)NC1=O. The molecule has 1 saturated heterocycles. The van der Waals surface area contributed by atoms with Crippen molar-refractivity contribution in [1.29, 1.82) is 0 Å². The van der Waals surface area contributed by atoms with Crippen LogP contribution in [-0.4, -0.2) is 28.6 Å². The van der Waals surface area contributed by atoms with Crippen molar-refractivity contribution in [3.63, 3.8) is 0 Å². The van der Waals surface area contributed by atoms with Crippen LogP contribution in [0.5, 0.6) is 0 Å². The Morgan fingerprint density at radius 2 is 2.04 bits per heavy atom. The molecule has 2 aliphatic heterocycles. The maximum atomic E-state index is 14.1. The van der Waals surface area contributed by atoms with Gasteiger partial charge in [-0.05, 0) is 24.6 Å². The predicted octanol–water partition coefficient (Wildman–Crippen LogP) is 1.78. The number of piperidine rings is 1. The standard InChI is InChI=1S/C20H19FN4O3/c21-18-11(3-1-5-14(18)22)9-23-15-6-2-4-12-13(15)10-25(20(12)28)16-7-8-17(26)24-19(16)27/h1-6,16,23H,7-10,22H2,(H,24,26,27)/t16-/m0/s1/i16D. The molecule has 3 amide bonds. The van der Waals surface area contributed by atoms with Gasteiger partial charge in [0, 0.05) is 41.9 Å². The molecule has 4 rings (SSSR count). The highest BCUT2D eigenvalue weighted by molar-refractivity contribution is 6.06. The van der Waals surface area contributed by atoms with Crippen molar-refractivity contribution in [3.05, 3.63) is 58.9 Å². The molecule has 7 nitrogen and oxygen atoms in total. The summed E-state index contributed by atoms with van der Waals surface area (Å²) in [6.45, 7) is 0.199. The Labute approximate surface area is 162 Å². The lowest BCUT2D eigenvalue weighted by Gasteiger charge is -2.29. The number of nitrogens with one attached hydrogen (secondary N) is 2. The number of fused-ring (bicyclic) bond motifs is 1. The minimum Gasteiger partial charge on any atom is -0.396 e. The van der Waals surface area contributed by atoms with Crippen molar-refractivity contribution in [1.82, 2.24) is 10.2 Å². The summed E-state index contributed by atoms with van der Waals surface area (Å²) in [6.07, 6.45) is -0.0656. The summed E-state index contributed by atoms with van der Waals surface area (Å²) >= 11 is 0. The second kappa shape index (κ2) is 6.95. The first-order chi connectivity index (χ1) is 13.8. The minimum absolute atomic E-state index is 0.00478. The fourth-order valence-corrected chi connectivity index (χ4v) is 3.51. The number of amides is 3. The summed E-state index contributed by atoms with van der Waals surface area (Å²) in [5, 5.41) is 5.25. The van der Waals surface area contributed by atoms with Gasteiger partial charge in [-0.2, -0.15) is 0 Å². The summed E-state index contributed by atoms with van der Waals surface area (Å²) in [5.41, 5.74) is 7.64. The molecule has 2 heterocycles. The highest BCUT2D eigenvalue weighted by Gasteiger charge is 2.39. The van der Waals surface area contributed by atoms with Crippen LogP contribution in [0.3, 0.4) is 0 Å². The van der Waals surface area contributed by atoms with Crippen molar-refractivity contribution in [3.8, 4) is 0 Å². The van der Waals surface area contributed by atoms with Crippen LogP contribution in [0.1, 0.15) is 35.7 Å². The highest BCUT2D eigenvalue weighted by atomic mass is 19.1. The lowest BCUT2D eigenvalue weighted by Crippen LogP contribution is -2.52. The van der Waals surface area contributed by atoms with E-state index in [2.05, 4.69) is 10.6 Å². The van der Waals surface area contributed by atoms with Crippen LogP contribution in [0, 0.1) is 5.82 Å². The van der Waals surface area contributed by atoms with Crippen LogP contribution >= 0.6 is 0 Å². The number of carbonyl (C=O) groups excluding carboxylic acids is 3. The van der Waals surface area contributed by atoms with Crippen molar-refractivity contribution >= 4 is 29.1 Å². The van der Waals surface area contributed by atoms with E-state index in [4.69, 9.17) is 7.10 Å². The van der Waals surface area contributed by atoms with Gasteiger partial charge in [0.2, 0.25) is 11.8 Å². The number of imide groups is 1. The Kier molecular flexibility index (Phi) is 4.16. The number of nitrogen functional groups attached to an aromatic ring is 1. The van der Waals surface area contributed by atoms with Gasteiger partial charge in [0.05, 0.1) is 7.06 Å². The number of rotatable bonds is 4. The second-order valence-corrected chi connectivity index (χ2v) is 6.72. The molecule has 0 bridgehead atoms. The number of nitrogens with zero attached hydrogens (tertiary/aromatic N) is 1. The average molecular weight is 383 g/mol. The van der Waals surface area contributed by atoms with E-state index in [1.165, 1.54) is 11.0 Å². The average Bonchev–Trinajstić information content (AvgIpc) is 3.04. The van der Waals surface area contributed by atoms with E-state index in [-0.39, 0.29) is 31.6 Å². The van der Waals surface area contributed by atoms with Crippen molar-refractivity contribution in [2.75, 3.05) is 11.1 Å². The first kappa shape index (κ1) is 16.7. The summed E-state index contributed by atoms with van der Waals surface area (Å²) in [6, 6.07) is 7.95. The molecule has 0 aromatic heterocycles. The number of anilines is 2. The third-order valence-corrected chi connectivity index (χ3v) is 4.98. The molecule has 2 aliphatic rings. The number of nitrogens with two attached hydrogens (primary N) is 1. The minimum atomic E-state index is -1.85. The van der Waals surface area contributed by atoms with Gasteiger partial charge in [0.1, 0.15) is 6.02 Å². The predicted molar refractivity (Wildman–Crippen MR) is 101 cm³/mol. The molecule has 4 N–H and O–H groups in total. The molecule has 1 fully saturated rings. The Morgan fingerprint density at radius 3 is 2.82 bits per heavy atom. The van der Waals surface area contributed by atoms with E-state index in [0.717, 1.165) is 0 Å². The molecule has 2 aromatic carbocycles. The van der Waals surface area contributed by atoms with E-state index in [0.29, 0.717) is 22.4 Å². The van der Waals surface area contributed by atoms with Crippen LogP contribution in [0.2, 0.25) is 0 Å². The van der Waals surface area contributed by atoms with Gasteiger partial charge in [0.15, 0.2) is 5.82 Å². The molecule has 0 unspecified atom stereocenters. The molecule has 0 saturated carbocycles. The van der Waals surface area contributed by atoms with Gasteiger partial charge in [0.25, 0.3) is 5.91 Å². The van der Waals surface area contributed by atoms with Crippen molar-refractivity contribution < 1.29 is 20.1 Å². The maximum absolute atomic E-state index is 14.1. The first-order valence-corrected chi connectivity index (χ1v) is 8.86. The molecular weight excluding hydrogens is 363 g/mol. The second-order valence-electron chi connectivity index (χ2n) is 6.72. The molecule has 8 heteroatoms. The molecule has 2 aromatic rings. The maximum Gasteiger partial charge on any atom is 0.255 e. The van der Waals surface area contributed by atoms with Crippen LogP contribution in [-0.2, 0) is 22.7 Å². The first-order valence-electron chi connectivity index (χ1n) is 9.36. The van der Waals surface area contributed by atoms with Crippen LogP contribution < -0.4 is 16.4 Å². The van der Waals surface area contributed by atoms with Crippen molar-refractivity contribution in [2.45, 2.75) is 31.9 Å². The molecule has 0 radical (unpaired) electrons. The Morgan fingerprint density at radius 1 is 1.25 bits per heavy atom. The van der Waals surface area contributed by atoms with E-state index in [1.54, 1.807) is 30.3 Å². The van der Waals surface area contributed by atoms with E-state index < -0.39 is 29.6 Å². The normalized spacial score (nSPS) is 22.0. The zero-order valence-corrected chi connectivity index (χ0v) is 14.9. The number of benzene rings is 2. The molecule has 28 heavy (non-hydrogen) atoms. The summed E-state index contributed by atoms with van der Waals surface area (Å²) in [5.74, 6) is -2.20. The zero-order chi connectivity index (χ0) is 20.8. The highest BCUT2D eigenvalue weighted by Crippen LogP contribution is 2.32. The molecule has 1 atom stereocenters. The molecule has 0 aliphatic carbocycles. The molecule has 144 valence electrons. The van der Waals surface area contributed by atoms with E-state index in [9.17, 15) is 18.8 Å². The van der Waals surface area contributed by atoms with E-state index in [1.807, 2.05) is 0 Å². The van der Waals surface area contributed by atoms with E-state index >= 15 is 0 Å². The monoisotopic (exact) mass is 383 g/mol. The van der Waals surface area contributed by atoms with Crippen molar-refractivity contribution in [2.24, 2.45) is 0 Å². The number of halogens is 1. The Balaban J connectivity index is 1.59. The quantitative estimate of drug-likeness (QED) is 0.551. The number of hydrogen-bond acceptors (Lipinski definition) is 5. The Bertz CT molecular complexity index is 1040. The Hall–Kier alpha value is -3.42. The van der Waals surface area contributed by atoms with Gasteiger partial charge in [-0.1, -0.05) is 18.2 Å². The number of carbonyl (C=O) groups is 3. The van der Waals surface area contributed by atoms with Crippen LogP contribution in [0.15, 0.2) is 36.4 Å². The smallest absolute Gasteiger partial charge is 0.255 e. The summed E-state index contributed by atoms with van der Waals surface area (Å²) < 4.78 is 22.7. The van der Waals surface area contributed by atoms with Gasteiger partial charge >= 0.3 is 0 Å². The fourth-order valence-electron chi connectivity index (χ4n) is 3.51. The molecular formula is C20H19FN4O3. The summed E-state index contributed by atoms with van der Waals surface area (Å²) in [7, 11) is 0. The van der Waals surface area contributed by atoms with Crippen LogP contribution in [0.4, 0.5) is 15.8 Å². The third-order valence-electron chi connectivity index (χ3n) is 4.98. The van der Waals surface area contributed by atoms with Gasteiger partial charge in [-0.25, -0.2) is 4.39 Å². The largest absolute Gasteiger partial charge is 0.396 e. The fraction of sp³-hybridized carbons (Fsp3) is 0.250.